The van der Waals surface area contributed by atoms with Crippen molar-refractivity contribution in [2.75, 3.05) is 0 Å². The number of aryl methyl sites for hydroxylation is 1. The van der Waals surface area contributed by atoms with Crippen LogP contribution in [0.3, 0.4) is 0 Å². The summed E-state index contributed by atoms with van der Waals surface area (Å²) in [5, 5.41) is 17.7. The number of carbonyl (C=O) groups is 1. The Kier molecular flexibility index (Phi) is 3.71. The Balaban J connectivity index is 1.93. The second-order valence-corrected chi connectivity index (χ2v) is 8.96. The van der Waals surface area contributed by atoms with Crippen molar-refractivity contribution in [1.29, 1.82) is 0 Å². The normalized spacial score (nSPS) is 17.7. The molecule has 0 saturated carbocycles. The van der Waals surface area contributed by atoms with Crippen LogP contribution in [0, 0.1) is 6.92 Å². The van der Waals surface area contributed by atoms with Crippen molar-refractivity contribution in [3.63, 3.8) is 0 Å². The molecule has 27 heavy (non-hydrogen) atoms. The number of fused-ring (bicyclic) bond motifs is 2. The molecule has 0 amide bonds. The highest BCUT2D eigenvalue weighted by Crippen LogP contribution is 2.47. The molecule has 0 aliphatic heterocycles. The molecule has 1 aliphatic rings. The van der Waals surface area contributed by atoms with Gasteiger partial charge in [0.1, 0.15) is 5.52 Å². The first-order valence-corrected chi connectivity index (χ1v) is 9.35. The van der Waals surface area contributed by atoms with Gasteiger partial charge in [0.2, 0.25) is 0 Å². The maximum absolute atomic E-state index is 11.2. The lowest BCUT2D eigenvalue weighted by molar-refractivity contribution is 0.0697. The molecule has 0 atom stereocenters. The van der Waals surface area contributed by atoms with Crippen LogP contribution in [0.15, 0.2) is 30.3 Å². The van der Waals surface area contributed by atoms with Gasteiger partial charge in [-0.1, -0.05) is 39.0 Å². The van der Waals surface area contributed by atoms with E-state index >= 15 is 0 Å². The summed E-state index contributed by atoms with van der Waals surface area (Å²) in [5.41, 5.74) is 6.83. The van der Waals surface area contributed by atoms with Gasteiger partial charge < -0.3 is 5.11 Å². The van der Waals surface area contributed by atoms with Crippen LogP contribution in [-0.2, 0) is 10.8 Å². The van der Waals surface area contributed by atoms with Crippen molar-refractivity contribution >= 4 is 17.0 Å². The zero-order valence-electron chi connectivity index (χ0n) is 16.5. The summed E-state index contributed by atoms with van der Waals surface area (Å²) in [7, 11) is 0. The monoisotopic (exact) mass is 363 g/mol. The van der Waals surface area contributed by atoms with E-state index in [1.807, 2.05) is 4.68 Å². The summed E-state index contributed by atoms with van der Waals surface area (Å²) >= 11 is 0. The van der Waals surface area contributed by atoms with Crippen LogP contribution in [0.25, 0.3) is 16.7 Å². The van der Waals surface area contributed by atoms with E-state index in [1.54, 1.807) is 18.2 Å². The lowest BCUT2D eigenvalue weighted by atomic mass is 9.63. The summed E-state index contributed by atoms with van der Waals surface area (Å²) in [6.45, 7) is 11.3. The highest BCUT2D eigenvalue weighted by atomic mass is 16.4. The van der Waals surface area contributed by atoms with E-state index in [1.165, 1.54) is 17.5 Å². The van der Waals surface area contributed by atoms with Gasteiger partial charge in [-0.15, -0.1) is 5.10 Å². The molecule has 3 aromatic rings. The number of aromatic carboxylic acids is 1. The fraction of sp³-hybridized carbons (Fsp3) is 0.409. The predicted molar refractivity (Wildman–Crippen MR) is 106 cm³/mol. The van der Waals surface area contributed by atoms with Crippen molar-refractivity contribution in [2.45, 2.75) is 58.3 Å². The second kappa shape index (κ2) is 5.65. The molecule has 0 spiro atoms. The van der Waals surface area contributed by atoms with Gasteiger partial charge in [0.05, 0.1) is 16.8 Å². The molecule has 0 fully saturated rings. The van der Waals surface area contributed by atoms with Crippen molar-refractivity contribution in [3.05, 3.63) is 52.6 Å². The molecule has 2 aromatic carbocycles. The molecule has 0 bridgehead atoms. The molecule has 140 valence electrons. The summed E-state index contributed by atoms with van der Waals surface area (Å²) < 4.78 is 1.83. The molecule has 1 heterocycles. The number of nitrogens with zero attached hydrogens (tertiary/aromatic N) is 3. The van der Waals surface area contributed by atoms with E-state index in [2.05, 4.69) is 57.1 Å². The number of benzene rings is 2. The molecule has 1 N–H and O–H groups in total. The summed E-state index contributed by atoms with van der Waals surface area (Å²) in [6.07, 6.45) is 2.32. The number of aromatic nitrogens is 3. The van der Waals surface area contributed by atoms with Gasteiger partial charge in [-0.3, -0.25) is 0 Å². The van der Waals surface area contributed by atoms with Crippen molar-refractivity contribution < 1.29 is 9.90 Å². The van der Waals surface area contributed by atoms with Crippen LogP contribution < -0.4 is 0 Å². The number of hydrogen-bond acceptors (Lipinski definition) is 3. The maximum Gasteiger partial charge on any atom is 0.335 e. The van der Waals surface area contributed by atoms with Crippen LogP contribution in [0.2, 0.25) is 0 Å². The average molecular weight is 363 g/mol. The van der Waals surface area contributed by atoms with Gasteiger partial charge in [-0.25, -0.2) is 9.48 Å². The van der Waals surface area contributed by atoms with Gasteiger partial charge in [0, 0.05) is 0 Å². The highest BCUT2D eigenvalue weighted by Gasteiger charge is 2.37. The third-order valence-corrected chi connectivity index (χ3v) is 6.09. The average Bonchev–Trinajstić information content (AvgIpc) is 3.01. The van der Waals surface area contributed by atoms with E-state index in [-0.39, 0.29) is 16.4 Å². The lowest BCUT2D eigenvalue weighted by Crippen LogP contribution is -2.34. The number of carboxylic acids is 1. The number of hydrogen-bond donors (Lipinski definition) is 1. The fourth-order valence-corrected chi connectivity index (χ4v) is 4.17. The largest absolute Gasteiger partial charge is 0.478 e. The Morgan fingerprint density at radius 3 is 2.30 bits per heavy atom. The first-order chi connectivity index (χ1) is 12.6. The van der Waals surface area contributed by atoms with Gasteiger partial charge in [0.25, 0.3) is 0 Å². The molecular weight excluding hydrogens is 338 g/mol. The Bertz CT molecular complexity index is 1080. The molecule has 0 saturated heterocycles. The van der Waals surface area contributed by atoms with Gasteiger partial charge in [0.15, 0.2) is 0 Å². The van der Waals surface area contributed by atoms with E-state index in [4.69, 9.17) is 0 Å². The second-order valence-electron chi connectivity index (χ2n) is 8.96. The van der Waals surface area contributed by atoms with Gasteiger partial charge in [-0.05, 0) is 71.6 Å². The van der Waals surface area contributed by atoms with Crippen LogP contribution >= 0.6 is 0 Å². The third-order valence-electron chi connectivity index (χ3n) is 6.09. The van der Waals surface area contributed by atoms with Crippen LogP contribution in [0.1, 0.15) is 67.6 Å². The first-order valence-electron chi connectivity index (χ1n) is 9.35. The van der Waals surface area contributed by atoms with Crippen molar-refractivity contribution in [2.24, 2.45) is 0 Å². The van der Waals surface area contributed by atoms with Crippen LogP contribution in [0.5, 0.6) is 0 Å². The zero-order chi connectivity index (χ0) is 19.6. The van der Waals surface area contributed by atoms with Gasteiger partial charge in [-0.2, -0.15) is 0 Å². The highest BCUT2D eigenvalue weighted by molar-refractivity contribution is 5.92. The molecular formula is C22H25N3O2. The molecule has 1 aromatic heterocycles. The zero-order valence-corrected chi connectivity index (χ0v) is 16.5. The summed E-state index contributed by atoms with van der Waals surface area (Å²) in [4.78, 5) is 11.2. The third kappa shape index (κ3) is 2.73. The minimum atomic E-state index is -0.958. The van der Waals surface area contributed by atoms with Crippen molar-refractivity contribution in [1.82, 2.24) is 15.0 Å². The topological polar surface area (TPSA) is 68.0 Å². The van der Waals surface area contributed by atoms with Crippen molar-refractivity contribution in [3.8, 4) is 5.69 Å². The van der Waals surface area contributed by atoms with E-state index in [9.17, 15) is 9.90 Å². The molecule has 5 heteroatoms. The minimum Gasteiger partial charge on any atom is -0.478 e. The minimum absolute atomic E-state index is 0.111. The summed E-state index contributed by atoms with van der Waals surface area (Å²) in [5.74, 6) is -0.958. The fourth-order valence-electron chi connectivity index (χ4n) is 4.17. The van der Waals surface area contributed by atoms with E-state index in [0.29, 0.717) is 5.52 Å². The molecule has 5 nitrogen and oxygen atoms in total. The SMILES string of the molecule is Cc1cc2c(cc1-n1nnc3cc(C(=O)O)ccc31)C(C)(C)CCC2(C)C. The molecule has 0 unspecified atom stereocenters. The number of rotatable bonds is 2. The Morgan fingerprint density at radius 2 is 1.67 bits per heavy atom. The summed E-state index contributed by atoms with van der Waals surface area (Å²) in [6, 6.07) is 9.51. The van der Waals surface area contributed by atoms with E-state index < -0.39 is 5.97 Å². The lowest BCUT2D eigenvalue weighted by Gasteiger charge is -2.42. The first kappa shape index (κ1) is 17.7. The van der Waals surface area contributed by atoms with Crippen LogP contribution in [-0.4, -0.2) is 26.1 Å². The number of carboxylic acid groups (broad SMARTS) is 1. The maximum atomic E-state index is 11.2. The quantitative estimate of drug-likeness (QED) is 0.712. The van der Waals surface area contributed by atoms with Gasteiger partial charge >= 0.3 is 5.97 Å². The Labute approximate surface area is 159 Å². The predicted octanol–water partition coefficient (Wildman–Crippen LogP) is 4.78. The molecule has 0 radical (unpaired) electrons. The van der Waals surface area contributed by atoms with Crippen LogP contribution in [0.4, 0.5) is 0 Å². The standard InChI is InChI=1S/C22H25N3O2/c1-13-10-15-16(22(4,5)9-8-21(15,2)3)12-19(13)25-18-7-6-14(20(26)27)11-17(18)23-24-25/h6-7,10-12H,8-9H2,1-5H3,(H,26,27). The molecule has 4 rings (SSSR count). The molecule has 1 aliphatic carbocycles. The Hall–Kier alpha value is -2.69. The smallest absolute Gasteiger partial charge is 0.335 e. The Morgan fingerprint density at radius 1 is 1.04 bits per heavy atom. The van der Waals surface area contributed by atoms with E-state index in [0.717, 1.165) is 23.2 Å².